The highest BCUT2D eigenvalue weighted by molar-refractivity contribution is 7.91. The second-order valence-electron chi connectivity index (χ2n) is 6.72. The Labute approximate surface area is 148 Å². The van der Waals surface area contributed by atoms with Crippen molar-refractivity contribution in [3.8, 4) is 11.8 Å². The third-order valence-corrected chi connectivity index (χ3v) is 6.70. The fourth-order valence-corrected chi connectivity index (χ4v) is 5.44. The van der Waals surface area contributed by atoms with Gasteiger partial charge in [0, 0.05) is 12.1 Å². The first-order valence-corrected chi connectivity index (χ1v) is 10.5. The SMILES string of the molecule is N#Cc1ccc(OCC(=O)N(C2CCCC2)[C@H]2CCS(=O)(=O)C2)cc1. The van der Waals surface area contributed by atoms with Gasteiger partial charge in [-0.25, -0.2) is 8.42 Å². The summed E-state index contributed by atoms with van der Waals surface area (Å²) in [4.78, 5) is 14.6. The first-order chi connectivity index (χ1) is 12.0. The molecule has 1 aliphatic carbocycles. The lowest BCUT2D eigenvalue weighted by molar-refractivity contribution is -0.137. The molecule has 1 atom stereocenters. The zero-order valence-electron chi connectivity index (χ0n) is 14.1. The summed E-state index contributed by atoms with van der Waals surface area (Å²) in [6.07, 6.45) is 4.52. The van der Waals surface area contributed by atoms with Crippen LogP contribution in [0, 0.1) is 11.3 Å². The second kappa shape index (κ2) is 7.44. The molecule has 0 radical (unpaired) electrons. The van der Waals surface area contributed by atoms with Crippen LogP contribution in [-0.4, -0.2) is 49.4 Å². The van der Waals surface area contributed by atoms with Crippen LogP contribution in [0.25, 0.3) is 0 Å². The molecule has 0 unspecified atom stereocenters. The largest absolute Gasteiger partial charge is 0.484 e. The first kappa shape index (κ1) is 17.7. The van der Waals surface area contributed by atoms with Crippen LogP contribution in [-0.2, 0) is 14.6 Å². The maximum absolute atomic E-state index is 12.8. The zero-order chi connectivity index (χ0) is 17.9. The lowest BCUT2D eigenvalue weighted by atomic mass is 10.1. The highest BCUT2D eigenvalue weighted by Gasteiger charge is 2.39. The maximum atomic E-state index is 12.8. The minimum atomic E-state index is -3.04. The van der Waals surface area contributed by atoms with E-state index in [9.17, 15) is 13.2 Å². The summed E-state index contributed by atoms with van der Waals surface area (Å²) in [5.74, 6) is 0.590. The van der Waals surface area contributed by atoms with E-state index in [0.717, 1.165) is 25.7 Å². The van der Waals surface area contributed by atoms with E-state index >= 15 is 0 Å². The molecule has 1 aromatic rings. The molecule has 0 bridgehead atoms. The number of hydrogen-bond donors (Lipinski definition) is 0. The van der Waals surface area contributed by atoms with Gasteiger partial charge in [0.1, 0.15) is 5.75 Å². The van der Waals surface area contributed by atoms with Crippen LogP contribution in [0.2, 0.25) is 0 Å². The van der Waals surface area contributed by atoms with Crippen LogP contribution in [0.5, 0.6) is 5.75 Å². The van der Waals surface area contributed by atoms with Gasteiger partial charge in [0.05, 0.1) is 23.1 Å². The Morgan fingerprint density at radius 1 is 1.16 bits per heavy atom. The van der Waals surface area contributed by atoms with Gasteiger partial charge in [0.25, 0.3) is 5.91 Å². The molecule has 0 N–H and O–H groups in total. The molecule has 1 amide bonds. The van der Waals surface area contributed by atoms with Crippen LogP contribution in [0.4, 0.5) is 0 Å². The molecule has 0 spiro atoms. The Morgan fingerprint density at radius 3 is 2.40 bits per heavy atom. The highest BCUT2D eigenvalue weighted by atomic mass is 32.2. The van der Waals surface area contributed by atoms with Crippen molar-refractivity contribution in [2.45, 2.75) is 44.2 Å². The Kier molecular flexibility index (Phi) is 5.28. The van der Waals surface area contributed by atoms with Gasteiger partial charge >= 0.3 is 0 Å². The van der Waals surface area contributed by atoms with Crippen LogP contribution >= 0.6 is 0 Å². The number of nitriles is 1. The Balaban J connectivity index is 1.67. The van der Waals surface area contributed by atoms with Crippen LogP contribution in [0.3, 0.4) is 0 Å². The molecule has 1 heterocycles. The Bertz CT molecular complexity index is 761. The van der Waals surface area contributed by atoms with E-state index in [0.29, 0.717) is 17.7 Å². The molecule has 1 aromatic carbocycles. The summed E-state index contributed by atoms with van der Waals surface area (Å²) in [5, 5.41) is 8.80. The molecular weight excluding hydrogens is 340 g/mol. The molecule has 1 aliphatic heterocycles. The molecule has 25 heavy (non-hydrogen) atoms. The molecule has 3 rings (SSSR count). The average Bonchev–Trinajstić information content (AvgIpc) is 3.24. The van der Waals surface area contributed by atoms with Crippen LogP contribution in [0.1, 0.15) is 37.7 Å². The predicted molar refractivity (Wildman–Crippen MR) is 92.8 cm³/mol. The number of amides is 1. The third-order valence-electron chi connectivity index (χ3n) is 4.95. The standard InChI is InChI=1S/C18H22N2O4S/c19-11-14-5-7-17(8-6-14)24-12-18(21)20(15-3-1-2-4-15)16-9-10-25(22,23)13-16/h5-8,15-16H,1-4,9-10,12-13H2/t16-/m0/s1. The van der Waals surface area contributed by atoms with Crippen molar-refractivity contribution in [2.24, 2.45) is 0 Å². The van der Waals surface area contributed by atoms with Gasteiger partial charge in [-0.3, -0.25) is 4.79 Å². The van der Waals surface area contributed by atoms with E-state index < -0.39 is 9.84 Å². The van der Waals surface area contributed by atoms with E-state index in [2.05, 4.69) is 0 Å². The predicted octanol–water partition coefficient (Wildman–Crippen LogP) is 1.90. The van der Waals surface area contributed by atoms with Crippen LogP contribution < -0.4 is 4.74 Å². The number of benzene rings is 1. The fourth-order valence-electron chi connectivity index (χ4n) is 3.73. The fraction of sp³-hybridized carbons (Fsp3) is 0.556. The number of rotatable bonds is 5. The van der Waals surface area contributed by atoms with E-state index in [1.807, 2.05) is 6.07 Å². The number of hydrogen-bond acceptors (Lipinski definition) is 5. The Hall–Kier alpha value is -2.07. The van der Waals surface area contributed by atoms with Gasteiger partial charge in [-0.15, -0.1) is 0 Å². The number of nitrogens with zero attached hydrogens (tertiary/aromatic N) is 2. The van der Waals surface area contributed by atoms with Crippen molar-refractivity contribution in [1.82, 2.24) is 4.90 Å². The molecular formula is C18H22N2O4S. The van der Waals surface area contributed by atoms with Crippen molar-refractivity contribution in [3.05, 3.63) is 29.8 Å². The van der Waals surface area contributed by atoms with E-state index in [-0.39, 0.29) is 36.1 Å². The molecule has 6 nitrogen and oxygen atoms in total. The molecule has 134 valence electrons. The van der Waals surface area contributed by atoms with Gasteiger partial charge in [-0.05, 0) is 43.5 Å². The van der Waals surface area contributed by atoms with E-state index in [4.69, 9.17) is 10.00 Å². The van der Waals surface area contributed by atoms with Crippen molar-refractivity contribution in [2.75, 3.05) is 18.1 Å². The Morgan fingerprint density at radius 2 is 1.84 bits per heavy atom. The summed E-state index contributed by atoms with van der Waals surface area (Å²) in [6.45, 7) is -0.112. The molecule has 1 saturated carbocycles. The number of carbonyl (C=O) groups is 1. The molecule has 2 aliphatic rings. The van der Waals surface area contributed by atoms with Gasteiger partial charge in [0.2, 0.25) is 0 Å². The maximum Gasteiger partial charge on any atom is 0.261 e. The monoisotopic (exact) mass is 362 g/mol. The smallest absolute Gasteiger partial charge is 0.261 e. The molecule has 0 aromatic heterocycles. The third kappa shape index (κ3) is 4.31. The number of carbonyl (C=O) groups excluding carboxylic acids is 1. The average molecular weight is 362 g/mol. The van der Waals surface area contributed by atoms with Crippen molar-refractivity contribution in [1.29, 1.82) is 5.26 Å². The molecule has 7 heteroatoms. The topological polar surface area (TPSA) is 87.5 Å². The lowest BCUT2D eigenvalue weighted by Gasteiger charge is -2.34. The summed E-state index contributed by atoms with van der Waals surface area (Å²) in [5.41, 5.74) is 0.530. The number of ether oxygens (including phenoxy) is 1. The van der Waals surface area contributed by atoms with Gasteiger partial charge in [-0.1, -0.05) is 12.8 Å². The van der Waals surface area contributed by atoms with Crippen LogP contribution in [0.15, 0.2) is 24.3 Å². The van der Waals surface area contributed by atoms with E-state index in [1.54, 1.807) is 29.2 Å². The second-order valence-corrected chi connectivity index (χ2v) is 8.95. The molecule has 2 fully saturated rings. The minimum Gasteiger partial charge on any atom is -0.484 e. The van der Waals surface area contributed by atoms with Gasteiger partial charge < -0.3 is 9.64 Å². The van der Waals surface area contributed by atoms with E-state index in [1.165, 1.54) is 0 Å². The summed E-state index contributed by atoms with van der Waals surface area (Å²) >= 11 is 0. The zero-order valence-corrected chi connectivity index (χ0v) is 14.9. The summed E-state index contributed by atoms with van der Waals surface area (Å²) in [6, 6.07) is 8.51. The lowest BCUT2D eigenvalue weighted by Crippen LogP contribution is -2.48. The normalized spacial score (nSPS) is 22.4. The quantitative estimate of drug-likeness (QED) is 0.798. The van der Waals surface area contributed by atoms with Crippen molar-refractivity contribution >= 4 is 15.7 Å². The minimum absolute atomic E-state index is 0.0616. The first-order valence-electron chi connectivity index (χ1n) is 8.63. The van der Waals surface area contributed by atoms with Crippen molar-refractivity contribution in [3.63, 3.8) is 0 Å². The summed E-state index contributed by atoms with van der Waals surface area (Å²) in [7, 11) is -3.04. The molecule has 1 saturated heterocycles. The summed E-state index contributed by atoms with van der Waals surface area (Å²) < 4.78 is 29.2. The number of sulfone groups is 1. The van der Waals surface area contributed by atoms with Crippen molar-refractivity contribution < 1.29 is 17.9 Å². The van der Waals surface area contributed by atoms with Gasteiger partial charge in [0.15, 0.2) is 16.4 Å². The van der Waals surface area contributed by atoms with Gasteiger partial charge in [-0.2, -0.15) is 5.26 Å². The highest BCUT2D eigenvalue weighted by Crippen LogP contribution is 2.29.